The van der Waals surface area contributed by atoms with Gasteiger partial charge in [0.1, 0.15) is 0 Å². The third kappa shape index (κ3) is 2.62. The fourth-order valence-corrected chi connectivity index (χ4v) is 1.52. The van der Waals surface area contributed by atoms with Gasteiger partial charge in [0.25, 0.3) is 0 Å². The maximum absolute atomic E-state index is 12.1. The van der Waals surface area contributed by atoms with Gasteiger partial charge in [-0.05, 0) is 25.7 Å². The molecule has 0 heterocycles. The van der Waals surface area contributed by atoms with E-state index in [0.29, 0.717) is 0 Å². The van der Waals surface area contributed by atoms with Crippen molar-refractivity contribution in [3.8, 4) is 0 Å². The largest absolute Gasteiger partial charge is 0.471 e. The number of nitrogens with zero attached hydrogens (tertiary/aromatic N) is 1. The van der Waals surface area contributed by atoms with Crippen molar-refractivity contribution in [2.24, 2.45) is 5.92 Å². The number of carbonyl (C=O) groups excluding carboxylic acids is 1. The lowest BCUT2D eigenvalue weighted by Crippen LogP contribution is -2.44. The molecule has 0 unspecified atom stereocenters. The first-order valence-electron chi connectivity index (χ1n) is 4.81. The number of halogens is 3. The molecule has 82 valence electrons. The molecule has 0 saturated heterocycles. The second-order valence-corrected chi connectivity index (χ2v) is 3.64. The molecule has 1 saturated carbocycles. The highest BCUT2D eigenvalue weighted by Crippen LogP contribution is 2.28. The van der Waals surface area contributed by atoms with Crippen LogP contribution in [-0.4, -0.2) is 30.1 Å². The van der Waals surface area contributed by atoms with Gasteiger partial charge in [-0.1, -0.05) is 6.42 Å². The molecular formula is C9H14F3NO. The number of amides is 1. The monoisotopic (exact) mass is 209 g/mol. The van der Waals surface area contributed by atoms with Crippen LogP contribution in [0, 0.1) is 5.92 Å². The molecule has 14 heavy (non-hydrogen) atoms. The summed E-state index contributed by atoms with van der Waals surface area (Å²) >= 11 is 0. The van der Waals surface area contributed by atoms with Crippen molar-refractivity contribution in [2.75, 3.05) is 13.1 Å². The van der Waals surface area contributed by atoms with E-state index in [-0.39, 0.29) is 19.0 Å². The Morgan fingerprint density at radius 2 is 2.00 bits per heavy atom. The van der Waals surface area contributed by atoms with Crippen LogP contribution in [0.2, 0.25) is 0 Å². The second-order valence-electron chi connectivity index (χ2n) is 3.64. The van der Waals surface area contributed by atoms with Crippen molar-refractivity contribution in [3.63, 3.8) is 0 Å². The molecule has 1 aliphatic rings. The van der Waals surface area contributed by atoms with E-state index in [2.05, 4.69) is 0 Å². The highest BCUT2D eigenvalue weighted by molar-refractivity contribution is 5.81. The van der Waals surface area contributed by atoms with Crippen molar-refractivity contribution in [3.05, 3.63) is 0 Å². The Morgan fingerprint density at radius 3 is 2.29 bits per heavy atom. The van der Waals surface area contributed by atoms with Crippen molar-refractivity contribution in [1.82, 2.24) is 4.90 Å². The minimum absolute atomic E-state index is 0.134. The lowest BCUT2D eigenvalue weighted by atomic mass is 9.85. The van der Waals surface area contributed by atoms with Crippen LogP contribution in [0.4, 0.5) is 13.2 Å². The van der Waals surface area contributed by atoms with E-state index < -0.39 is 12.1 Å². The van der Waals surface area contributed by atoms with Gasteiger partial charge in [0, 0.05) is 13.1 Å². The topological polar surface area (TPSA) is 20.3 Å². The maximum atomic E-state index is 12.1. The van der Waals surface area contributed by atoms with E-state index in [4.69, 9.17) is 0 Å². The van der Waals surface area contributed by atoms with E-state index in [0.717, 1.165) is 24.2 Å². The number of hydrogen-bond donors (Lipinski definition) is 0. The molecule has 0 aromatic heterocycles. The number of hydrogen-bond acceptors (Lipinski definition) is 1. The van der Waals surface area contributed by atoms with E-state index in [9.17, 15) is 18.0 Å². The van der Waals surface area contributed by atoms with Gasteiger partial charge in [0.05, 0.1) is 0 Å². The van der Waals surface area contributed by atoms with Gasteiger partial charge in [0.15, 0.2) is 0 Å². The van der Waals surface area contributed by atoms with Gasteiger partial charge in [-0.25, -0.2) is 0 Å². The lowest BCUT2D eigenvalue weighted by molar-refractivity contribution is -0.186. The van der Waals surface area contributed by atoms with Crippen LogP contribution < -0.4 is 0 Å². The Hall–Kier alpha value is -0.740. The molecule has 5 heteroatoms. The Bertz CT molecular complexity index is 211. The van der Waals surface area contributed by atoms with Crippen molar-refractivity contribution < 1.29 is 18.0 Å². The molecule has 0 spiro atoms. The normalized spacial score (nSPS) is 17.7. The summed E-state index contributed by atoms with van der Waals surface area (Å²) in [5.74, 6) is -1.42. The Balaban J connectivity index is 2.47. The fraction of sp³-hybridized carbons (Fsp3) is 0.889. The molecule has 0 aromatic carbocycles. The number of alkyl halides is 3. The van der Waals surface area contributed by atoms with Gasteiger partial charge < -0.3 is 4.90 Å². The average molecular weight is 209 g/mol. The summed E-state index contributed by atoms with van der Waals surface area (Å²) in [6.45, 7) is 1.96. The van der Waals surface area contributed by atoms with Crippen LogP contribution in [0.15, 0.2) is 0 Å². The van der Waals surface area contributed by atoms with Gasteiger partial charge in [-0.3, -0.25) is 4.79 Å². The first-order valence-corrected chi connectivity index (χ1v) is 4.81. The Labute approximate surface area is 81.1 Å². The maximum Gasteiger partial charge on any atom is 0.471 e. The summed E-state index contributed by atoms with van der Waals surface area (Å²) in [7, 11) is 0. The summed E-state index contributed by atoms with van der Waals surface area (Å²) in [5, 5.41) is 0. The first kappa shape index (κ1) is 11.3. The first-order chi connectivity index (χ1) is 6.45. The number of carbonyl (C=O) groups is 1. The molecule has 0 radical (unpaired) electrons. The van der Waals surface area contributed by atoms with E-state index in [1.807, 2.05) is 0 Å². The van der Waals surface area contributed by atoms with Gasteiger partial charge >= 0.3 is 12.1 Å². The van der Waals surface area contributed by atoms with Crippen LogP contribution in [0.1, 0.15) is 26.2 Å². The van der Waals surface area contributed by atoms with E-state index in [1.54, 1.807) is 6.92 Å². The molecule has 0 bridgehead atoms. The minimum atomic E-state index is -4.72. The molecule has 0 atom stereocenters. The van der Waals surface area contributed by atoms with Gasteiger partial charge in [0.2, 0.25) is 0 Å². The smallest absolute Gasteiger partial charge is 0.335 e. The molecule has 2 nitrogen and oxygen atoms in total. The predicted molar refractivity (Wildman–Crippen MR) is 45.7 cm³/mol. The summed E-state index contributed by atoms with van der Waals surface area (Å²) < 4.78 is 36.2. The zero-order valence-electron chi connectivity index (χ0n) is 8.10. The summed E-state index contributed by atoms with van der Waals surface area (Å²) in [6, 6.07) is 0. The van der Waals surface area contributed by atoms with Crippen molar-refractivity contribution in [2.45, 2.75) is 32.4 Å². The van der Waals surface area contributed by atoms with E-state index >= 15 is 0 Å². The summed E-state index contributed by atoms with van der Waals surface area (Å²) in [6.07, 6.45) is -1.76. The fourth-order valence-electron chi connectivity index (χ4n) is 1.52. The highest BCUT2D eigenvalue weighted by atomic mass is 19.4. The molecular weight excluding hydrogens is 195 g/mol. The highest BCUT2D eigenvalue weighted by Gasteiger charge is 2.42. The molecule has 1 rings (SSSR count). The molecule has 1 fully saturated rings. The SMILES string of the molecule is CCN(CC1CCC1)C(=O)C(F)(F)F. The summed E-state index contributed by atoms with van der Waals surface area (Å²) in [5.41, 5.74) is 0. The quantitative estimate of drug-likeness (QED) is 0.697. The van der Waals surface area contributed by atoms with Crippen molar-refractivity contribution >= 4 is 5.91 Å². The van der Waals surface area contributed by atoms with Crippen LogP contribution in [0.25, 0.3) is 0 Å². The molecule has 1 amide bonds. The third-order valence-corrected chi connectivity index (χ3v) is 2.61. The zero-order chi connectivity index (χ0) is 10.8. The predicted octanol–water partition coefficient (Wildman–Crippen LogP) is 2.20. The minimum Gasteiger partial charge on any atom is -0.335 e. The second kappa shape index (κ2) is 4.19. The van der Waals surface area contributed by atoms with Crippen LogP contribution in [0.5, 0.6) is 0 Å². The Morgan fingerprint density at radius 1 is 1.43 bits per heavy atom. The molecule has 1 aliphatic carbocycles. The molecule has 0 N–H and O–H groups in total. The van der Waals surface area contributed by atoms with Gasteiger partial charge in [-0.2, -0.15) is 13.2 Å². The van der Waals surface area contributed by atoms with Gasteiger partial charge in [-0.15, -0.1) is 0 Å². The number of rotatable bonds is 3. The van der Waals surface area contributed by atoms with E-state index in [1.165, 1.54) is 0 Å². The van der Waals surface area contributed by atoms with Crippen LogP contribution >= 0.6 is 0 Å². The zero-order valence-corrected chi connectivity index (χ0v) is 8.10. The summed E-state index contributed by atoms with van der Waals surface area (Å²) in [4.78, 5) is 11.8. The van der Waals surface area contributed by atoms with Crippen LogP contribution in [-0.2, 0) is 4.79 Å². The Kier molecular flexibility index (Phi) is 3.39. The van der Waals surface area contributed by atoms with Crippen molar-refractivity contribution in [1.29, 1.82) is 0 Å². The molecule has 0 aromatic rings. The average Bonchev–Trinajstić information content (AvgIpc) is 2.00. The standard InChI is InChI=1S/C9H14F3NO/c1-2-13(6-7-4-3-5-7)8(14)9(10,11)12/h7H,2-6H2,1H3. The van der Waals surface area contributed by atoms with Crippen LogP contribution in [0.3, 0.4) is 0 Å². The lowest BCUT2D eigenvalue weighted by Gasteiger charge is -2.32. The molecule has 0 aliphatic heterocycles. The third-order valence-electron chi connectivity index (χ3n) is 2.61.